The third kappa shape index (κ3) is 3.63. The molecule has 2 fully saturated rings. The molecule has 0 N–H and O–H groups in total. The van der Waals surface area contributed by atoms with Crippen LogP contribution >= 0.6 is 0 Å². The number of nitrogens with zero attached hydrogens (tertiary/aromatic N) is 2. The Balaban J connectivity index is 1.25. The standard InChI is InChI=1S/C24H30N2O4/c1-28-19-4-6-21-18(16-19)8-15-29-24(21)9-13-26(14-10-24)23(27)22-7-5-20(30-22)17-25-11-2-3-12-25/h4-7,16H,2-3,8-15,17H2,1H3. The first-order valence-electron chi connectivity index (χ1n) is 11.1. The quantitative estimate of drug-likeness (QED) is 0.771. The monoisotopic (exact) mass is 410 g/mol. The smallest absolute Gasteiger partial charge is 0.289 e. The van der Waals surface area contributed by atoms with Crippen LogP contribution < -0.4 is 4.74 Å². The molecule has 3 aliphatic heterocycles. The second-order valence-electron chi connectivity index (χ2n) is 8.66. The van der Waals surface area contributed by atoms with Gasteiger partial charge in [-0.25, -0.2) is 0 Å². The van der Waals surface area contributed by atoms with Crippen molar-refractivity contribution in [3.05, 3.63) is 53.0 Å². The summed E-state index contributed by atoms with van der Waals surface area (Å²) in [7, 11) is 1.70. The third-order valence-electron chi connectivity index (χ3n) is 6.86. The van der Waals surface area contributed by atoms with Crippen molar-refractivity contribution < 1.29 is 18.7 Å². The number of fused-ring (bicyclic) bond motifs is 2. The molecule has 4 heterocycles. The predicted molar refractivity (Wildman–Crippen MR) is 113 cm³/mol. The zero-order valence-electron chi connectivity index (χ0n) is 17.7. The minimum atomic E-state index is -0.291. The van der Waals surface area contributed by atoms with Gasteiger partial charge in [0.05, 0.1) is 25.9 Å². The molecule has 3 aliphatic rings. The number of rotatable bonds is 4. The molecule has 6 nitrogen and oxygen atoms in total. The van der Waals surface area contributed by atoms with Crippen molar-refractivity contribution in [3.8, 4) is 5.75 Å². The molecule has 2 saturated heterocycles. The number of carbonyl (C=O) groups is 1. The Bertz CT molecular complexity index is 908. The molecule has 160 valence electrons. The molecule has 0 radical (unpaired) electrons. The highest BCUT2D eigenvalue weighted by Crippen LogP contribution is 2.42. The van der Waals surface area contributed by atoms with Gasteiger partial charge < -0.3 is 18.8 Å². The van der Waals surface area contributed by atoms with Gasteiger partial charge in [0.1, 0.15) is 11.5 Å². The van der Waals surface area contributed by atoms with Crippen LogP contribution in [0.15, 0.2) is 34.7 Å². The highest BCUT2D eigenvalue weighted by Gasteiger charge is 2.42. The fraction of sp³-hybridized carbons (Fsp3) is 0.542. The lowest BCUT2D eigenvalue weighted by atomic mass is 9.79. The van der Waals surface area contributed by atoms with Gasteiger partial charge >= 0.3 is 0 Å². The Morgan fingerprint density at radius 3 is 2.67 bits per heavy atom. The summed E-state index contributed by atoms with van der Waals surface area (Å²) in [6.45, 7) is 5.09. The number of amides is 1. The van der Waals surface area contributed by atoms with E-state index in [4.69, 9.17) is 13.9 Å². The minimum absolute atomic E-state index is 0.0108. The number of benzene rings is 1. The van der Waals surface area contributed by atoms with Crippen molar-refractivity contribution in [1.29, 1.82) is 0 Å². The number of carbonyl (C=O) groups excluding carboxylic acids is 1. The Kier molecular flexibility index (Phi) is 5.29. The van der Waals surface area contributed by atoms with Gasteiger partial charge in [0.25, 0.3) is 5.91 Å². The Hall–Kier alpha value is -2.31. The summed E-state index contributed by atoms with van der Waals surface area (Å²) in [5.74, 6) is 2.21. The number of hydrogen-bond acceptors (Lipinski definition) is 5. The Labute approximate surface area is 177 Å². The fourth-order valence-electron chi connectivity index (χ4n) is 5.16. The lowest BCUT2D eigenvalue weighted by Gasteiger charge is -2.45. The molecule has 0 saturated carbocycles. The van der Waals surface area contributed by atoms with E-state index in [9.17, 15) is 4.79 Å². The van der Waals surface area contributed by atoms with Crippen LogP contribution in [0.25, 0.3) is 0 Å². The van der Waals surface area contributed by atoms with Crippen LogP contribution in [-0.2, 0) is 23.3 Å². The largest absolute Gasteiger partial charge is 0.497 e. The molecule has 1 aromatic carbocycles. The first kappa shape index (κ1) is 19.6. The zero-order valence-corrected chi connectivity index (χ0v) is 17.7. The van der Waals surface area contributed by atoms with Gasteiger partial charge in [-0.1, -0.05) is 6.07 Å². The van der Waals surface area contributed by atoms with E-state index in [1.807, 2.05) is 23.1 Å². The van der Waals surface area contributed by atoms with Crippen molar-refractivity contribution in [2.75, 3.05) is 39.9 Å². The van der Waals surface area contributed by atoms with E-state index in [0.717, 1.165) is 50.4 Å². The van der Waals surface area contributed by atoms with Gasteiger partial charge in [0.15, 0.2) is 5.76 Å². The van der Waals surface area contributed by atoms with Crippen LogP contribution in [-0.4, -0.2) is 55.6 Å². The van der Waals surface area contributed by atoms with Crippen LogP contribution in [0.4, 0.5) is 0 Å². The van der Waals surface area contributed by atoms with E-state index in [-0.39, 0.29) is 11.5 Å². The van der Waals surface area contributed by atoms with Crippen LogP contribution in [0.2, 0.25) is 0 Å². The molecule has 1 amide bonds. The lowest BCUT2D eigenvalue weighted by Crippen LogP contribution is -2.48. The first-order chi connectivity index (χ1) is 14.7. The van der Waals surface area contributed by atoms with Crippen molar-refractivity contribution in [3.63, 3.8) is 0 Å². The average molecular weight is 411 g/mol. The van der Waals surface area contributed by atoms with Gasteiger partial charge in [-0.05, 0) is 80.6 Å². The molecule has 2 aromatic rings. The molecule has 30 heavy (non-hydrogen) atoms. The van der Waals surface area contributed by atoms with Crippen LogP contribution in [0.5, 0.6) is 5.75 Å². The molecule has 0 atom stereocenters. The van der Waals surface area contributed by atoms with E-state index in [2.05, 4.69) is 17.0 Å². The number of methoxy groups -OCH3 is 1. The molecule has 0 unspecified atom stereocenters. The zero-order chi connectivity index (χ0) is 20.6. The van der Waals surface area contributed by atoms with Crippen molar-refractivity contribution in [2.24, 2.45) is 0 Å². The summed E-state index contributed by atoms with van der Waals surface area (Å²) < 4.78 is 17.6. The van der Waals surface area contributed by atoms with E-state index in [0.29, 0.717) is 25.5 Å². The molecular weight excluding hydrogens is 380 g/mol. The van der Waals surface area contributed by atoms with E-state index in [1.54, 1.807) is 7.11 Å². The van der Waals surface area contributed by atoms with Gasteiger partial charge in [-0.3, -0.25) is 9.69 Å². The van der Waals surface area contributed by atoms with E-state index in [1.165, 1.54) is 24.0 Å². The van der Waals surface area contributed by atoms with E-state index < -0.39 is 0 Å². The lowest BCUT2D eigenvalue weighted by molar-refractivity contribution is -0.0937. The maximum Gasteiger partial charge on any atom is 0.289 e. The van der Waals surface area contributed by atoms with Crippen molar-refractivity contribution in [2.45, 2.75) is 44.2 Å². The molecule has 5 rings (SSSR count). The van der Waals surface area contributed by atoms with E-state index >= 15 is 0 Å². The predicted octanol–water partition coefficient (Wildman–Crippen LogP) is 3.59. The average Bonchev–Trinajstić information content (AvgIpc) is 3.46. The molecule has 1 aromatic heterocycles. The summed E-state index contributed by atoms with van der Waals surface area (Å²) in [4.78, 5) is 17.3. The molecule has 1 spiro atoms. The molecular formula is C24H30N2O4. The second-order valence-corrected chi connectivity index (χ2v) is 8.66. The highest BCUT2D eigenvalue weighted by atomic mass is 16.5. The fourth-order valence-corrected chi connectivity index (χ4v) is 5.16. The summed E-state index contributed by atoms with van der Waals surface area (Å²) in [6.07, 6.45) is 5.02. The van der Waals surface area contributed by atoms with Gasteiger partial charge in [0.2, 0.25) is 0 Å². The maximum atomic E-state index is 13.0. The molecule has 6 heteroatoms. The normalized spacial score (nSPS) is 21.0. The Morgan fingerprint density at radius 2 is 1.90 bits per heavy atom. The summed E-state index contributed by atoms with van der Waals surface area (Å²) in [6, 6.07) is 10.1. The first-order valence-corrected chi connectivity index (χ1v) is 11.1. The Morgan fingerprint density at radius 1 is 1.10 bits per heavy atom. The summed E-state index contributed by atoms with van der Waals surface area (Å²) in [5, 5.41) is 0. The van der Waals surface area contributed by atoms with Gasteiger partial charge in [-0.15, -0.1) is 0 Å². The highest BCUT2D eigenvalue weighted by molar-refractivity contribution is 5.91. The molecule has 0 bridgehead atoms. The topological polar surface area (TPSA) is 55.2 Å². The third-order valence-corrected chi connectivity index (χ3v) is 6.86. The summed E-state index contributed by atoms with van der Waals surface area (Å²) >= 11 is 0. The second kappa shape index (κ2) is 8.08. The number of furan rings is 1. The number of likely N-dealkylation sites (tertiary alicyclic amines) is 2. The number of piperidine rings is 1. The SMILES string of the molecule is COc1ccc2c(c1)CCOC21CCN(C(=O)c2ccc(CN3CCCC3)o2)CC1. The summed E-state index contributed by atoms with van der Waals surface area (Å²) in [5.41, 5.74) is 2.27. The van der Waals surface area contributed by atoms with Gasteiger partial charge in [-0.2, -0.15) is 0 Å². The molecule has 0 aliphatic carbocycles. The van der Waals surface area contributed by atoms with Gasteiger partial charge in [0, 0.05) is 13.1 Å². The van der Waals surface area contributed by atoms with Crippen molar-refractivity contribution in [1.82, 2.24) is 9.80 Å². The van der Waals surface area contributed by atoms with Crippen LogP contribution in [0.3, 0.4) is 0 Å². The van der Waals surface area contributed by atoms with Crippen molar-refractivity contribution >= 4 is 5.91 Å². The minimum Gasteiger partial charge on any atom is -0.497 e. The maximum absolute atomic E-state index is 13.0. The van der Waals surface area contributed by atoms with Crippen LogP contribution in [0.1, 0.15) is 53.1 Å². The number of ether oxygens (including phenoxy) is 2. The van der Waals surface area contributed by atoms with Crippen LogP contribution in [0, 0.1) is 0 Å². The number of hydrogen-bond donors (Lipinski definition) is 0.